The molecule has 0 saturated carbocycles. The Bertz CT molecular complexity index is 831. The molecule has 0 saturated heterocycles. The van der Waals surface area contributed by atoms with E-state index in [2.05, 4.69) is 4.98 Å². The first-order valence-electron chi connectivity index (χ1n) is 6.29. The van der Waals surface area contributed by atoms with Crippen LogP contribution in [0, 0.1) is 0 Å². The number of ether oxygens (including phenoxy) is 1. The van der Waals surface area contributed by atoms with Gasteiger partial charge in [-0.3, -0.25) is 4.98 Å². The van der Waals surface area contributed by atoms with E-state index in [4.69, 9.17) is 15.6 Å². The topological polar surface area (TPSA) is 85.4 Å². The van der Waals surface area contributed by atoms with Crippen LogP contribution in [0.25, 0.3) is 10.9 Å². The van der Waals surface area contributed by atoms with E-state index in [0.717, 1.165) is 10.9 Å². The van der Waals surface area contributed by atoms with E-state index in [1.807, 2.05) is 30.3 Å². The lowest BCUT2D eigenvalue weighted by Crippen LogP contribution is -2.03. The Morgan fingerprint density at radius 2 is 1.95 bits per heavy atom. The number of hydrogen-bond donors (Lipinski definition) is 2. The fourth-order valence-corrected chi connectivity index (χ4v) is 2.05. The van der Waals surface area contributed by atoms with Crippen molar-refractivity contribution in [2.45, 2.75) is 0 Å². The summed E-state index contributed by atoms with van der Waals surface area (Å²) in [5, 5.41) is 9.98. The predicted molar refractivity (Wildman–Crippen MR) is 79.6 cm³/mol. The molecule has 0 bridgehead atoms. The van der Waals surface area contributed by atoms with Gasteiger partial charge in [-0.15, -0.1) is 0 Å². The van der Waals surface area contributed by atoms with Gasteiger partial charge in [0.05, 0.1) is 23.0 Å². The molecule has 2 aromatic carbocycles. The highest BCUT2D eigenvalue weighted by molar-refractivity contribution is 5.95. The maximum absolute atomic E-state index is 11.1. The van der Waals surface area contributed by atoms with Gasteiger partial charge in [0, 0.05) is 5.39 Å². The Kier molecular flexibility index (Phi) is 3.16. The summed E-state index contributed by atoms with van der Waals surface area (Å²) in [5.41, 5.74) is 6.79. The normalized spacial score (nSPS) is 10.5. The first-order chi connectivity index (χ1) is 10.1. The van der Waals surface area contributed by atoms with Crippen molar-refractivity contribution < 1.29 is 14.6 Å². The minimum atomic E-state index is -1.09. The van der Waals surface area contributed by atoms with E-state index < -0.39 is 5.97 Å². The van der Waals surface area contributed by atoms with E-state index >= 15 is 0 Å². The van der Waals surface area contributed by atoms with Crippen LogP contribution in [0.15, 0.2) is 54.7 Å². The number of carboxylic acids is 1. The lowest BCUT2D eigenvalue weighted by molar-refractivity contribution is 0.0697. The molecule has 0 spiro atoms. The second-order valence-corrected chi connectivity index (χ2v) is 4.49. The van der Waals surface area contributed by atoms with E-state index in [1.165, 1.54) is 6.07 Å². The van der Waals surface area contributed by atoms with E-state index in [-0.39, 0.29) is 11.3 Å². The SMILES string of the molecule is Nc1c(Oc2cnc3ccccc3c2)cccc1C(=O)O. The van der Waals surface area contributed by atoms with E-state index in [1.54, 1.807) is 18.3 Å². The molecule has 3 rings (SSSR count). The number of anilines is 1. The summed E-state index contributed by atoms with van der Waals surface area (Å²) >= 11 is 0. The molecule has 0 amide bonds. The summed E-state index contributed by atoms with van der Waals surface area (Å²) < 4.78 is 5.66. The number of nitrogens with zero attached hydrogens (tertiary/aromatic N) is 1. The minimum absolute atomic E-state index is 0.0150. The Balaban J connectivity index is 1.98. The first kappa shape index (κ1) is 12.9. The number of rotatable bonds is 3. The summed E-state index contributed by atoms with van der Waals surface area (Å²) in [4.78, 5) is 15.3. The van der Waals surface area contributed by atoms with Crippen molar-refractivity contribution in [3.05, 3.63) is 60.3 Å². The van der Waals surface area contributed by atoms with Crippen molar-refractivity contribution >= 4 is 22.6 Å². The lowest BCUT2D eigenvalue weighted by Gasteiger charge is -2.10. The number of benzene rings is 2. The van der Waals surface area contributed by atoms with Gasteiger partial charge >= 0.3 is 5.97 Å². The first-order valence-corrected chi connectivity index (χ1v) is 6.29. The van der Waals surface area contributed by atoms with Crippen LogP contribution in [0.4, 0.5) is 5.69 Å². The zero-order valence-electron chi connectivity index (χ0n) is 11.0. The molecule has 3 aromatic rings. The number of pyridine rings is 1. The molecule has 3 N–H and O–H groups in total. The van der Waals surface area contributed by atoms with Crippen LogP contribution < -0.4 is 10.5 Å². The number of nitrogen functional groups attached to an aromatic ring is 1. The van der Waals surface area contributed by atoms with Crippen molar-refractivity contribution in [2.24, 2.45) is 0 Å². The maximum atomic E-state index is 11.1. The Hall–Kier alpha value is -3.08. The summed E-state index contributed by atoms with van der Waals surface area (Å²) in [5.74, 6) is -0.287. The van der Waals surface area contributed by atoms with Gasteiger partial charge < -0.3 is 15.6 Å². The molecule has 21 heavy (non-hydrogen) atoms. The second kappa shape index (κ2) is 5.13. The highest BCUT2D eigenvalue weighted by Gasteiger charge is 2.12. The third-order valence-electron chi connectivity index (χ3n) is 3.09. The average molecular weight is 280 g/mol. The second-order valence-electron chi connectivity index (χ2n) is 4.49. The smallest absolute Gasteiger partial charge is 0.337 e. The third kappa shape index (κ3) is 2.49. The largest absolute Gasteiger partial charge is 0.478 e. The van der Waals surface area contributed by atoms with Crippen LogP contribution in [-0.4, -0.2) is 16.1 Å². The van der Waals surface area contributed by atoms with Crippen LogP contribution in [0.5, 0.6) is 11.5 Å². The number of nitrogens with two attached hydrogens (primary N) is 1. The Morgan fingerprint density at radius 1 is 1.14 bits per heavy atom. The van der Waals surface area contributed by atoms with Crippen molar-refractivity contribution in [3.63, 3.8) is 0 Å². The molecule has 0 aliphatic carbocycles. The number of carbonyl (C=O) groups is 1. The molecule has 104 valence electrons. The van der Waals surface area contributed by atoms with Gasteiger partial charge in [-0.05, 0) is 24.3 Å². The number of fused-ring (bicyclic) bond motifs is 1. The maximum Gasteiger partial charge on any atom is 0.337 e. The van der Waals surface area contributed by atoms with Gasteiger partial charge in [-0.1, -0.05) is 24.3 Å². The van der Waals surface area contributed by atoms with E-state index in [9.17, 15) is 4.79 Å². The zero-order valence-corrected chi connectivity index (χ0v) is 11.0. The number of aromatic nitrogens is 1. The van der Waals surface area contributed by atoms with Gasteiger partial charge in [0.15, 0.2) is 5.75 Å². The van der Waals surface area contributed by atoms with Crippen molar-refractivity contribution in [3.8, 4) is 11.5 Å². The van der Waals surface area contributed by atoms with Gasteiger partial charge in [0.25, 0.3) is 0 Å². The van der Waals surface area contributed by atoms with Gasteiger partial charge in [0.1, 0.15) is 5.75 Å². The number of aromatic carboxylic acids is 1. The number of carboxylic acid groups (broad SMARTS) is 1. The standard InChI is InChI=1S/C16H12N2O3/c17-15-12(16(19)20)5-3-7-14(15)21-11-8-10-4-1-2-6-13(10)18-9-11/h1-9H,17H2,(H,19,20). The summed E-state index contributed by atoms with van der Waals surface area (Å²) in [6.07, 6.45) is 1.58. The fraction of sp³-hybridized carbons (Fsp3) is 0. The lowest BCUT2D eigenvalue weighted by atomic mass is 10.1. The fourth-order valence-electron chi connectivity index (χ4n) is 2.05. The Labute approximate surface area is 120 Å². The number of hydrogen-bond acceptors (Lipinski definition) is 4. The van der Waals surface area contributed by atoms with Crippen molar-refractivity contribution in [2.75, 3.05) is 5.73 Å². The van der Waals surface area contributed by atoms with Gasteiger partial charge in [-0.25, -0.2) is 4.79 Å². The summed E-state index contributed by atoms with van der Waals surface area (Å²) in [7, 11) is 0. The predicted octanol–water partition coefficient (Wildman–Crippen LogP) is 3.31. The molecular weight excluding hydrogens is 268 g/mol. The molecule has 0 atom stereocenters. The van der Waals surface area contributed by atoms with Crippen molar-refractivity contribution in [1.82, 2.24) is 4.98 Å². The molecule has 0 radical (unpaired) electrons. The van der Waals surface area contributed by atoms with Crippen LogP contribution in [0.3, 0.4) is 0 Å². The monoisotopic (exact) mass is 280 g/mol. The summed E-state index contributed by atoms with van der Waals surface area (Å²) in [6, 6.07) is 14.1. The third-order valence-corrected chi connectivity index (χ3v) is 3.09. The van der Waals surface area contributed by atoms with Crippen LogP contribution >= 0.6 is 0 Å². The average Bonchev–Trinajstić information content (AvgIpc) is 2.49. The van der Waals surface area contributed by atoms with Crippen LogP contribution in [0.1, 0.15) is 10.4 Å². The highest BCUT2D eigenvalue weighted by atomic mass is 16.5. The molecular formula is C16H12N2O3. The molecule has 1 aromatic heterocycles. The number of para-hydroxylation sites is 2. The zero-order chi connectivity index (χ0) is 14.8. The Morgan fingerprint density at radius 3 is 2.76 bits per heavy atom. The molecule has 5 nitrogen and oxygen atoms in total. The molecule has 1 heterocycles. The molecule has 5 heteroatoms. The highest BCUT2D eigenvalue weighted by Crippen LogP contribution is 2.30. The van der Waals surface area contributed by atoms with Crippen molar-refractivity contribution in [1.29, 1.82) is 0 Å². The van der Waals surface area contributed by atoms with Crippen LogP contribution in [0.2, 0.25) is 0 Å². The van der Waals surface area contributed by atoms with Crippen LogP contribution in [-0.2, 0) is 0 Å². The molecule has 0 aliphatic rings. The van der Waals surface area contributed by atoms with E-state index in [0.29, 0.717) is 11.5 Å². The molecule has 0 unspecified atom stereocenters. The van der Waals surface area contributed by atoms with Gasteiger partial charge in [0.2, 0.25) is 0 Å². The quantitative estimate of drug-likeness (QED) is 0.719. The van der Waals surface area contributed by atoms with Gasteiger partial charge in [-0.2, -0.15) is 0 Å². The molecule has 0 aliphatic heterocycles. The summed E-state index contributed by atoms with van der Waals surface area (Å²) in [6.45, 7) is 0. The molecule has 0 fully saturated rings. The minimum Gasteiger partial charge on any atom is -0.478 e.